The zero-order valence-electron chi connectivity index (χ0n) is 10.6. The standard InChI is InChI=1S/C13H17ClN4/c1-17(7-10-6-16-18(2)8-10)9-11-3-4-12(15)5-13(11)14/h3-6,8H,7,9,15H2,1-2H3. The highest BCUT2D eigenvalue weighted by atomic mass is 35.5. The van der Waals surface area contributed by atoms with E-state index in [1.165, 1.54) is 5.56 Å². The first-order valence-electron chi connectivity index (χ1n) is 5.74. The molecule has 1 heterocycles. The molecule has 0 amide bonds. The van der Waals surface area contributed by atoms with Gasteiger partial charge in [-0.1, -0.05) is 17.7 Å². The van der Waals surface area contributed by atoms with Crippen LogP contribution in [0.4, 0.5) is 5.69 Å². The Balaban J connectivity index is 2.00. The predicted octanol–water partition coefficient (Wildman–Crippen LogP) is 2.29. The lowest BCUT2D eigenvalue weighted by molar-refractivity contribution is 0.319. The molecule has 0 radical (unpaired) electrons. The van der Waals surface area contributed by atoms with Gasteiger partial charge in [-0.05, 0) is 24.7 Å². The molecule has 0 bridgehead atoms. The van der Waals surface area contributed by atoms with Gasteiger partial charge in [-0.15, -0.1) is 0 Å². The van der Waals surface area contributed by atoms with Crippen molar-refractivity contribution >= 4 is 17.3 Å². The number of benzene rings is 1. The minimum absolute atomic E-state index is 0.693. The third-order valence-electron chi connectivity index (χ3n) is 2.73. The first kappa shape index (κ1) is 12.9. The van der Waals surface area contributed by atoms with Crippen LogP contribution in [-0.4, -0.2) is 21.7 Å². The summed E-state index contributed by atoms with van der Waals surface area (Å²) in [5.74, 6) is 0. The minimum Gasteiger partial charge on any atom is -0.399 e. The summed E-state index contributed by atoms with van der Waals surface area (Å²) in [5.41, 5.74) is 8.64. The number of aryl methyl sites for hydroxylation is 1. The van der Waals surface area contributed by atoms with Crippen molar-refractivity contribution in [2.75, 3.05) is 12.8 Å². The number of halogens is 1. The summed E-state index contributed by atoms with van der Waals surface area (Å²) in [4.78, 5) is 2.19. The fourth-order valence-corrected chi connectivity index (χ4v) is 2.15. The molecule has 96 valence electrons. The Bertz CT molecular complexity index is 536. The minimum atomic E-state index is 0.693. The normalized spacial score (nSPS) is 11.1. The van der Waals surface area contributed by atoms with Gasteiger partial charge >= 0.3 is 0 Å². The van der Waals surface area contributed by atoms with E-state index in [4.69, 9.17) is 17.3 Å². The molecule has 2 aromatic rings. The highest BCUT2D eigenvalue weighted by Gasteiger charge is 2.06. The molecule has 1 aromatic carbocycles. The summed E-state index contributed by atoms with van der Waals surface area (Å²) in [5, 5.41) is 4.87. The van der Waals surface area contributed by atoms with E-state index in [9.17, 15) is 0 Å². The molecule has 0 aliphatic rings. The number of anilines is 1. The molecule has 1 aromatic heterocycles. The molecule has 0 saturated heterocycles. The summed E-state index contributed by atoms with van der Waals surface area (Å²) < 4.78 is 1.80. The van der Waals surface area contributed by atoms with Crippen LogP contribution in [0.15, 0.2) is 30.6 Å². The van der Waals surface area contributed by atoms with Gasteiger partial charge in [-0.2, -0.15) is 5.10 Å². The van der Waals surface area contributed by atoms with Crippen molar-refractivity contribution in [1.29, 1.82) is 0 Å². The largest absolute Gasteiger partial charge is 0.399 e. The topological polar surface area (TPSA) is 47.1 Å². The third-order valence-corrected chi connectivity index (χ3v) is 3.08. The van der Waals surface area contributed by atoms with Crippen LogP contribution >= 0.6 is 11.6 Å². The van der Waals surface area contributed by atoms with E-state index in [1.54, 1.807) is 10.7 Å². The number of nitrogens with two attached hydrogens (primary N) is 1. The second-order valence-corrected chi connectivity index (χ2v) is 4.95. The van der Waals surface area contributed by atoms with Gasteiger partial charge in [0, 0.05) is 42.6 Å². The number of rotatable bonds is 4. The lowest BCUT2D eigenvalue weighted by Gasteiger charge is -2.16. The Hall–Kier alpha value is -1.52. The molecule has 0 fully saturated rings. The Labute approximate surface area is 112 Å². The summed E-state index contributed by atoms with van der Waals surface area (Å²) in [6.45, 7) is 1.63. The molecular formula is C13H17ClN4. The molecule has 5 heteroatoms. The van der Waals surface area contributed by atoms with Crippen molar-refractivity contribution in [3.8, 4) is 0 Å². The van der Waals surface area contributed by atoms with Gasteiger partial charge in [-0.25, -0.2) is 0 Å². The van der Waals surface area contributed by atoms with Gasteiger partial charge in [0.2, 0.25) is 0 Å². The van der Waals surface area contributed by atoms with Gasteiger partial charge in [0.1, 0.15) is 0 Å². The second kappa shape index (κ2) is 5.42. The molecule has 4 nitrogen and oxygen atoms in total. The molecule has 0 saturated carbocycles. The average molecular weight is 265 g/mol. The zero-order valence-corrected chi connectivity index (χ0v) is 11.4. The summed E-state index contributed by atoms with van der Waals surface area (Å²) in [7, 11) is 3.97. The van der Waals surface area contributed by atoms with Gasteiger partial charge < -0.3 is 5.73 Å². The maximum absolute atomic E-state index is 6.16. The molecule has 2 N–H and O–H groups in total. The average Bonchev–Trinajstić information content (AvgIpc) is 2.68. The predicted molar refractivity (Wildman–Crippen MR) is 74.2 cm³/mol. The second-order valence-electron chi connectivity index (χ2n) is 4.55. The fourth-order valence-electron chi connectivity index (χ4n) is 1.90. The van der Waals surface area contributed by atoms with E-state index in [0.717, 1.165) is 18.7 Å². The zero-order chi connectivity index (χ0) is 13.1. The molecule has 0 unspecified atom stereocenters. The van der Waals surface area contributed by atoms with E-state index in [-0.39, 0.29) is 0 Å². The van der Waals surface area contributed by atoms with Crippen LogP contribution in [0.1, 0.15) is 11.1 Å². The van der Waals surface area contributed by atoms with Crippen LogP contribution in [0.3, 0.4) is 0 Å². The number of nitrogen functional groups attached to an aromatic ring is 1. The maximum Gasteiger partial charge on any atom is 0.0534 e. The van der Waals surface area contributed by atoms with Crippen LogP contribution in [0.2, 0.25) is 5.02 Å². The Morgan fingerprint density at radius 2 is 2.17 bits per heavy atom. The van der Waals surface area contributed by atoms with Gasteiger partial charge in [0.05, 0.1) is 6.20 Å². The summed E-state index contributed by atoms with van der Waals surface area (Å²) in [6, 6.07) is 5.63. The number of hydrogen-bond donors (Lipinski definition) is 1. The lowest BCUT2D eigenvalue weighted by atomic mass is 10.2. The maximum atomic E-state index is 6.16. The van der Waals surface area contributed by atoms with Crippen LogP contribution in [0.25, 0.3) is 0 Å². The Kier molecular flexibility index (Phi) is 3.89. The first-order valence-corrected chi connectivity index (χ1v) is 6.12. The molecule has 0 aliphatic carbocycles. The highest BCUT2D eigenvalue weighted by Crippen LogP contribution is 2.20. The van der Waals surface area contributed by atoms with Gasteiger partial charge in [0.25, 0.3) is 0 Å². The van der Waals surface area contributed by atoms with Crippen molar-refractivity contribution in [3.63, 3.8) is 0 Å². The van der Waals surface area contributed by atoms with Crippen molar-refractivity contribution < 1.29 is 0 Å². The number of nitrogens with zero attached hydrogens (tertiary/aromatic N) is 3. The Morgan fingerprint density at radius 1 is 1.39 bits per heavy atom. The molecule has 0 atom stereocenters. The quantitative estimate of drug-likeness (QED) is 0.862. The van der Waals surface area contributed by atoms with Gasteiger partial charge in [0.15, 0.2) is 0 Å². The van der Waals surface area contributed by atoms with E-state index >= 15 is 0 Å². The molecule has 0 spiro atoms. The summed E-state index contributed by atoms with van der Waals surface area (Å²) >= 11 is 6.16. The van der Waals surface area contributed by atoms with Crippen LogP contribution in [0.5, 0.6) is 0 Å². The molecule has 2 rings (SSSR count). The smallest absolute Gasteiger partial charge is 0.0534 e. The van der Waals surface area contributed by atoms with Gasteiger partial charge in [-0.3, -0.25) is 9.58 Å². The molecule has 0 aliphatic heterocycles. The summed E-state index contributed by atoms with van der Waals surface area (Å²) in [6.07, 6.45) is 3.89. The molecular weight excluding hydrogens is 248 g/mol. The highest BCUT2D eigenvalue weighted by molar-refractivity contribution is 6.31. The van der Waals surface area contributed by atoms with E-state index < -0.39 is 0 Å². The third kappa shape index (κ3) is 3.24. The Morgan fingerprint density at radius 3 is 2.78 bits per heavy atom. The van der Waals surface area contributed by atoms with Crippen molar-refractivity contribution in [2.24, 2.45) is 7.05 Å². The van der Waals surface area contributed by atoms with E-state index in [2.05, 4.69) is 17.0 Å². The first-order chi connectivity index (χ1) is 8.54. The van der Waals surface area contributed by atoms with Crippen molar-refractivity contribution in [2.45, 2.75) is 13.1 Å². The van der Waals surface area contributed by atoms with Crippen LogP contribution in [-0.2, 0) is 20.1 Å². The SMILES string of the molecule is CN(Cc1cnn(C)c1)Cc1ccc(N)cc1Cl. The van der Waals surface area contributed by atoms with Crippen molar-refractivity contribution in [3.05, 3.63) is 46.7 Å². The van der Waals surface area contributed by atoms with E-state index in [1.807, 2.05) is 31.6 Å². The van der Waals surface area contributed by atoms with E-state index in [0.29, 0.717) is 10.7 Å². The van der Waals surface area contributed by atoms with Crippen LogP contribution < -0.4 is 5.73 Å². The number of hydrogen-bond acceptors (Lipinski definition) is 3. The number of aromatic nitrogens is 2. The fraction of sp³-hybridized carbons (Fsp3) is 0.308. The monoisotopic (exact) mass is 264 g/mol. The van der Waals surface area contributed by atoms with Crippen molar-refractivity contribution in [1.82, 2.24) is 14.7 Å². The van der Waals surface area contributed by atoms with Crippen LogP contribution in [0, 0.1) is 0 Å². The molecule has 18 heavy (non-hydrogen) atoms. The lowest BCUT2D eigenvalue weighted by Crippen LogP contribution is -2.17.